The second-order valence-corrected chi connectivity index (χ2v) is 7.09. The molecule has 0 spiro atoms. The van der Waals surface area contributed by atoms with Gasteiger partial charge < -0.3 is 19.9 Å². The lowest BCUT2D eigenvalue weighted by Gasteiger charge is -2.35. The Morgan fingerprint density at radius 3 is 2.93 bits per heavy atom. The average molecular weight is 378 g/mol. The molecule has 0 unspecified atom stereocenters. The summed E-state index contributed by atoms with van der Waals surface area (Å²) in [7, 11) is 0. The zero-order valence-electron chi connectivity index (χ0n) is 15.5. The Bertz CT molecular complexity index is 1010. The number of piperazine rings is 1. The van der Waals surface area contributed by atoms with Crippen molar-refractivity contribution in [1.29, 1.82) is 0 Å². The van der Waals surface area contributed by atoms with E-state index in [9.17, 15) is 4.79 Å². The van der Waals surface area contributed by atoms with Gasteiger partial charge in [0.15, 0.2) is 5.65 Å². The number of ether oxygens (including phenoxy) is 1. The number of carbonyl (C=O) groups is 1. The maximum atomic E-state index is 12.5. The molecule has 1 aromatic carbocycles. The summed E-state index contributed by atoms with van der Waals surface area (Å²) in [5, 5.41) is 7.62. The zero-order chi connectivity index (χ0) is 18.9. The molecular formula is C20H22N6O2. The summed E-state index contributed by atoms with van der Waals surface area (Å²) < 4.78 is 7.30. The van der Waals surface area contributed by atoms with E-state index >= 15 is 0 Å². The first kappa shape index (κ1) is 16.9. The van der Waals surface area contributed by atoms with Crippen molar-refractivity contribution < 1.29 is 9.53 Å². The highest BCUT2D eigenvalue weighted by Crippen LogP contribution is 2.25. The Labute approximate surface area is 162 Å². The van der Waals surface area contributed by atoms with E-state index in [0.717, 1.165) is 48.9 Å². The van der Waals surface area contributed by atoms with Crippen LogP contribution in [0.5, 0.6) is 5.75 Å². The van der Waals surface area contributed by atoms with E-state index in [1.807, 2.05) is 35.4 Å². The molecule has 8 heteroatoms. The summed E-state index contributed by atoms with van der Waals surface area (Å²) in [4.78, 5) is 20.8. The van der Waals surface area contributed by atoms with E-state index in [2.05, 4.69) is 26.4 Å². The number of amides is 2. The number of hydrogen-bond acceptors (Lipinski definition) is 5. The maximum absolute atomic E-state index is 12.5. The van der Waals surface area contributed by atoms with Crippen molar-refractivity contribution in [3.05, 3.63) is 53.9 Å². The van der Waals surface area contributed by atoms with Crippen LogP contribution < -0.4 is 15.0 Å². The summed E-state index contributed by atoms with van der Waals surface area (Å²) in [6.45, 7) is 4.15. The van der Waals surface area contributed by atoms with Gasteiger partial charge >= 0.3 is 6.03 Å². The van der Waals surface area contributed by atoms with E-state index in [4.69, 9.17) is 4.74 Å². The second kappa shape index (κ2) is 7.03. The number of rotatable bonds is 3. The minimum atomic E-state index is -0.0191. The fraction of sp³-hybridized carbons (Fsp3) is 0.350. The van der Waals surface area contributed by atoms with Crippen LogP contribution in [-0.4, -0.2) is 58.3 Å². The molecule has 8 nitrogen and oxygen atoms in total. The number of nitrogens with zero attached hydrogens (tertiary/aromatic N) is 5. The summed E-state index contributed by atoms with van der Waals surface area (Å²) in [5.74, 6) is 1.87. The van der Waals surface area contributed by atoms with E-state index in [1.54, 1.807) is 10.7 Å². The molecule has 3 aromatic rings. The zero-order valence-corrected chi connectivity index (χ0v) is 15.5. The van der Waals surface area contributed by atoms with Crippen LogP contribution in [0.2, 0.25) is 0 Å². The van der Waals surface area contributed by atoms with Crippen molar-refractivity contribution in [3.63, 3.8) is 0 Å². The lowest BCUT2D eigenvalue weighted by molar-refractivity contribution is 0.194. The van der Waals surface area contributed by atoms with Gasteiger partial charge in [0, 0.05) is 51.5 Å². The first-order valence-corrected chi connectivity index (χ1v) is 9.59. The Morgan fingerprint density at radius 2 is 2.04 bits per heavy atom. The predicted molar refractivity (Wildman–Crippen MR) is 105 cm³/mol. The van der Waals surface area contributed by atoms with E-state index in [0.29, 0.717) is 19.6 Å². The number of nitrogens with one attached hydrogen (secondary N) is 1. The number of imidazole rings is 1. The van der Waals surface area contributed by atoms with Crippen molar-refractivity contribution >= 4 is 17.5 Å². The van der Waals surface area contributed by atoms with E-state index < -0.39 is 0 Å². The second-order valence-electron chi connectivity index (χ2n) is 7.09. The van der Waals surface area contributed by atoms with Crippen LogP contribution in [0.1, 0.15) is 11.1 Å². The van der Waals surface area contributed by atoms with Crippen LogP contribution in [0.15, 0.2) is 42.7 Å². The molecule has 0 radical (unpaired) electrons. The van der Waals surface area contributed by atoms with Gasteiger partial charge in [0.25, 0.3) is 0 Å². The SMILES string of the molecule is O=C(NCc1ccc2c(c1)CCO2)N1CCN(c2ccc3nccn3n2)CC1. The summed E-state index contributed by atoms with van der Waals surface area (Å²) >= 11 is 0. The normalized spacial score (nSPS) is 16.1. The fourth-order valence-electron chi connectivity index (χ4n) is 3.75. The molecule has 5 rings (SSSR count). The van der Waals surface area contributed by atoms with Crippen LogP contribution in [0.25, 0.3) is 5.65 Å². The molecule has 0 atom stereocenters. The molecule has 0 saturated carbocycles. The number of aromatic nitrogens is 3. The Kier molecular flexibility index (Phi) is 4.23. The smallest absolute Gasteiger partial charge is 0.317 e. The van der Waals surface area contributed by atoms with Gasteiger partial charge in [-0.3, -0.25) is 0 Å². The van der Waals surface area contributed by atoms with Gasteiger partial charge in [-0.2, -0.15) is 0 Å². The monoisotopic (exact) mass is 378 g/mol. The van der Waals surface area contributed by atoms with Crippen molar-refractivity contribution in [2.75, 3.05) is 37.7 Å². The van der Waals surface area contributed by atoms with Crippen molar-refractivity contribution in [2.45, 2.75) is 13.0 Å². The van der Waals surface area contributed by atoms with Gasteiger partial charge in [0.05, 0.1) is 6.61 Å². The van der Waals surface area contributed by atoms with Crippen LogP contribution in [-0.2, 0) is 13.0 Å². The standard InChI is InChI=1S/C20H22N6O2/c27-20(22-14-15-1-2-17-16(13-15)5-12-28-17)25-10-8-24(9-11-25)19-4-3-18-21-6-7-26(18)23-19/h1-4,6-7,13H,5,8-12,14H2,(H,22,27). The third kappa shape index (κ3) is 3.21. The molecule has 2 aromatic heterocycles. The van der Waals surface area contributed by atoms with Gasteiger partial charge in [-0.05, 0) is 29.3 Å². The van der Waals surface area contributed by atoms with Crippen LogP contribution in [0, 0.1) is 0 Å². The Hall–Kier alpha value is -3.29. The molecule has 0 bridgehead atoms. The molecular weight excluding hydrogens is 356 g/mol. The number of fused-ring (bicyclic) bond motifs is 2. The van der Waals surface area contributed by atoms with Crippen molar-refractivity contribution in [1.82, 2.24) is 24.8 Å². The third-order valence-corrected chi connectivity index (χ3v) is 5.33. The van der Waals surface area contributed by atoms with Crippen molar-refractivity contribution in [2.24, 2.45) is 0 Å². The minimum absolute atomic E-state index is 0.0191. The molecule has 1 saturated heterocycles. The maximum Gasteiger partial charge on any atom is 0.317 e. The largest absolute Gasteiger partial charge is 0.493 e. The number of carbonyl (C=O) groups excluding carboxylic acids is 1. The topological polar surface area (TPSA) is 75.0 Å². The molecule has 2 aliphatic heterocycles. The number of benzene rings is 1. The van der Waals surface area contributed by atoms with Gasteiger partial charge in [0.2, 0.25) is 0 Å². The minimum Gasteiger partial charge on any atom is -0.493 e. The first-order valence-electron chi connectivity index (χ1n) is 9.59. The Morgan fingerprint density at radius 1 is 1.14 bits per heavy atom. The lowest BCUT2D eigenvalue weighted by Crippen LogP contribution is -2.52. The average Bonchev–Trinajstić information content (AvgIpc) is 3.40. The molecule has 2 amide bonds. The fourth-order valence-corrected chi connectivity index (χ4v) is 3.75. The molecule has 0 aliphatic carbocycles. The van der Waals surface area contributed by atoms with Gasteiger partial charge in [-0.15, -0.1) is 5.10 Å². The predicted octanol–water partition coefficient (Wildman–Crippen LogP) is 1.70. The van der Waals surface area contributed by atoms with E-state index in [1.165, 1.54) is 5.56 Å². The molecule has 144 valence electrons. The third-order valence-electron chi connectivity index (χ3n) is 5.33. The van der Waals surface area contributed by atoms with Crippen molar-refractivity contribution in [3.8, 4) is 5.75 Å². The lowest BCUT2D eigenvalue weighted by atomic mass is 10.1. The first-order chi connectivity index (χ1) is 13.8. The van der Waals surface area contributed by atoms with E-state index in [-0.39, 0.29) is 6.03 Å². The van der Waals surface area contributed by atoms with Gasteiger partial charge in [-0.25, -0.2) is 14.3 Å². The molecule has 1 N–H and O–H groups in total. The van der Waals surface area contributed by atoms with Crippen LogP contribution >= 0.6 is 0 Å². The molecule has 28 heavy (non-hydrogen) atoms. The quantitative estimate of drug-likeness (QED) is 0.751. The molecule has 4 heterocycles. The number of hydrogen-bond donors (Lipinski definition) is 1. The van der Waals surface area contributed by atoms with Crippen LogP contribution in [0.4, 0.5) is 10.6 Å². The summed E-state index contributed by atoms with van der Waals surface area (Å²) in [6.07, 6.45) is 4.52. The highest BCUT2D eigenvalue weighted by molar-refractivity contribution is 5.74. The highest BCUT2D eigenvalue weighted by atomic mass is 16.5. The Balaban J connectivity index is 1.15. The molecule has 2 aliphatic rings. The van der Waals surface area contributed by atoms with Crippen LogP contribution in [0.3, 0.4) is 0 Å². The number of anilines is 1. The number of urea groups is 1. The van der Waals surface area contributed by atoms with Gasteiger partial charge in [-0.1, -0.05) is 12.1 Å². The summed E-state index contributed by atoms with van der Waals surface area (Å²) in [6, 6.07) is 10.1. The highest BCUT2D eigenvalue weighted by Gasteiger charge is 2.22. The molecule has 1 fully saturated rings. The summed E-state index contributed by atoms with van der Waals surface area (Å²) in [5.41, 5.74) is 3.16. The van der Waals surface area contributed by atoms with Gasteiger partial charge in [0.1, 0.15) is 11.6 Å².